The molecule has 0 N–H and O–H groups in total. The predicted octanol–water partition coefficient (Wildman–Crippen LogP) is 2.53. The number of rotatable bonds is 2. The third-order valence-electron chi connectivity index (χ3n) is 2.13. The molecule has 0 aliphatic carbocycles. The zero-order chi connectivity index (χ0) is 12.4. The molecule has 0 spiro atoms. The lowest BCUT2D eigenvalue weighted by atomic mass is 10.1. The van der Waals surface area contributed by atoms with E-state index in [9.17, 15) is 9.18 Å². The average Bonchev–Trinajstić information content (AvgIpc) is 2.33. The molecule has 0 fully saturated rings. The Morgan fingerprint density at radius 2 is 1.94 bits per heavy atom. The third kappa shape index (κ3) is 2.14. The molecular formula is C11H7ClFN3O. The summed E-state index contributed by atoms with van der Waals surface area (Å²) in [6, 6.07) is 1.40. The normalized spacial score (nSPS) is 10.3. The number of pyridine rings is 1. The zero-order valence-electron chi connectivity index (χ0n) is 8.82. The quantitative estimate of drug-likeness (QED) is 0.608. The van der Waals surface area contributed by atoms with Gasteiger partial charge in [0.2, 0.25) is 0 Å². The van der Waals surface area contributed by atoms with Gasteiger partial charge in [-0.15, -0.1) is 0 Å². The first kappa shape index (κ1) is 11.6. The summed E-state index contributed by atoms with van der Waals surface area (Å²) < 4.78 is 13.8. The summed E-state index contributed by atoms with van der Waals surface area (Å²) in [6.45, 7) is 1.34. The van der Waals surface area contributed by atoms with Crippen LogP contribution in [0, 0.1) is 5.82 Å². The minimum Gasteiger partial charge on any atom is -0.293 e. The van der Waals surface area contributed by atoms with Crippen LogP contribution in [0.4, 0.5) is 4.39 Å². The minimum atomic E-state index is -0.711. The van der Waals surface area contributed by atoms with Crippen LogP contribution in [0.2, 0.25) is 5.15 Å². The maximum Gasteiger partial charge on any atom is 0.180 e. The molecule has 0 amide bonds. The van der Waals surface area contributed by atoms with E-state index in [1.807, 2.05) is 0 Å². The maximum atomic E-state index is 13.8. The lowest BCUT2D eigenvalue weighted by Gasteiger charge is -2.06. The molecule has 6 heteroatoms. The van der Waals surface area contributed by atoms with E-state index in [4.69, 9.17) is 11.6 Å². The number of ketones is 1. The first-order valence-corrected chi connectivity index (χ1v) is 5.11. The molecule has 0 aliphatic heterocycles. The van der Waals surface area contributed by atoms with E-state index in [1.165, 1.54) is 31.6 Å². The van der Waals surface area contributed by atoms with Crippen LogP contribution in [0.3, 0.4) is 0 Å². The molecule has 0 unspecified atom stereocenters. The zero-order valence-corrected chi connectivity index (χ0v) is 9.57. The maximum absolute atomic E-state index is 13.8. The Bertz CT molecular complexity index is 589. The Morgan fingerprint density at radius 1 is 1.24 bits per heavy atom. The number of nitrogens with zero attached hydrogens (tertiary/aromatic N) is 3. The summed E-state index contributed by atoms with van der Waals surface area (Å²) in [5, 5.41) is -0.261. The molecule has 2 aromatic rings. The molecule has 2 heterocycles. The van der Waals surface area contributed by atoms with E-state index >= 15 is 0 Å². The molecule has 2 rings (SSSR count). The predicted molar refractivity (Wildman–Crippen MR) is 60.2 cm³/mol. The molecule has 0 aliphatic rings. The number of hydrogen-bond donors (Lipinski definition) is 0. The molecule has 0 radical (unpaired) electrons. The molecule has 0 bridgehead atoms. The first-order chi connectivity index (χ1) is 8.11. The van der Waals surface area contributed by atoms with Crippen LogP contribution in [0.1, 0.15) is 17.4 Å². The standard InChI is InChI=1S/C11H7ClFN3O/c1-6(17)9-10(15-5-4-14-9)7-2-3-16-11(12)8(7)13/h2-5H,1H3. The Hall–Kier alpha value is -1.88. The molecule has 17 heavy (non-hydrogen) atoms. The number of halogens is 2. The summed E-state index contributed by atoms with van der Waals surface area (Å²) in [5.74, 6) is -1.00. The Morgan fingerprint density at radius 3 is 2.65 bits per heavy atom. The van der Waals surface area contributed by atoms with Crippen molar-refractivity contribution in [2.24, 2.45) is 0 Å². The summed E-state index contributed by atoms with van der Waals surface area (Å²) in [5.41, 5.74) is 0.388. The molecule has 2 aromatic heterocycles. The van der Waals surface area contributed by atoms with Gasteiger partial charge in [-0.3, -0.25) is 9.78 Å². The first-order valence-electron chi connectivity index (χ1n) is 4.73. The second-order valence-corrected chi connectivity index (χ2v) is 3.63. The number of aromatic nitrogens is 3. The fourth-order valence-corrected chi connectivity index (χ4v) is 1.55. The van der Waals surface area contributed by atoms with E-state index in [0.717, 1.165) is 0 Å². The van der Waals surface area contributed by atoms with Gasteiger partial charge in [0, 0.05) is 31.1 Å². The fourth-order valence-electron chi connectivity index (χ4n) is 1.39. The second-order valence-electron chi connectivity index (χ2n) is 3.27. The van der Waals surface area contributed by atoms with E-state index in [0.29, 0.717) is 0 Å². The average molecular weight is 252 g/mol. The van der Waals surface area contributed by atoms with Crippen molar-refractivity contribution in [2.75, 3.05) is 0 Å². The van der Waals surface area contributed by atoms with Crippen LogP contribution in [0.5, 0.6) is 0 Å². The highest BCUT2D eigenvalue weighted by Crippen LogP contribution is 2.26. The fraction of sp³-hybridized carbons (Fsp3) is 0.0909. The molecule has 0 saturated heterocycles. The highest BCUT2D eigenvalue weighted by atomic mass is 35.5. The summed E-state index contributed by atoms with van der Waals surface area (Å²) >= 11 is 5.58. The van der Waals surface area contributed by atoms with Crippen molar-refractivity contribution >= 4 is 17.4 Å². The smallest absolute Gasteiger partial charge is 0.180 e. The van der Waals surface area contributed by atoms with Gasteiger partial charge in [-0.2, -0.15) is 0 Å². The van der Waals surface area contributed by atoms with Gasteiger partial charge in [-0.05, 0) is 6.07 Å². The second kappa shape index (κ2) is 4.55. The molecule has 4 nitrogen and oxygen atoms in total. The minimum absolute atomic E-state index is 0.105. The monoisotopic (exact) mass is 251 g/mol. The van der Waals surface area contributed by atoms with Crippen molar-refractivity contribution in [2.45, 2.75) is 6.92 Å². The molecular weight excluding hydrogens is 245 g/mol. The van der Waals surface area contributed by atoms with Crippen LogP contribution in [-0.4, -0.2) is 20.7 Å². The van der Waals surface area contributed by atoms with Crippen molar-refractivity contribution in [1.29, 1.82) is 0 Å². The lowest BCUT2D eigenvalue weighted by Crippen LogP contribution is -2.03. The van der Waals surface area contributed by atoms with Crippen LogP contribution in [-0.2, 0) is 0 Å². The SMILES string of the molecule is CC(=O)c1nccnc1-c1ccnc(Cl)c1F. The largest absolute Gasteiger partial charge is 0.293 e. The van der Waals surface area contributed by atoms with Crippen LogP contribution >= 0.6 is 11.6 Å². The summed E-state index contributed by atoms with van der Waals surface area (Å²) in [4.78, 5) is 22.8. The van der Waals surface area contributed by atoms with Gasteiger partial charge < -0.3 is 0 Å². The van der Waals surface area contributed by atoms with E-state index in [2.05, 4.69) is 15.0 Å². The molecule has 0 saturated carbocycles. The number of carbonyl (C=O) groups is 1. The Labute approximate surface area is 102 Å². The summed E-state index contributed by atoms with van der Waals surface area (Å²) in [6.07, 6.45) is 4.11. The van der Waals surface area contributed by atoms with Crippen LogP contribution in [0.15, 0.2) is 24.7 Å². The highest BCUT2D eigenvalue weighted by Gasteiger charge is 2.17. The van der Waals surface area contributed by atoms with Crippen molar-refractivity contribution in [3.8, 4) is 11.3 Å². The van der Waals surface area contributed by atoms with Gasteiger partial charge >= 0.3 is 0 Å². The van der Waals surface area contributed by atoms with Gasteiger partial charge in [-0.1, -0.05) is 11.6 Å². The van der Waals surface area contributed by atoms with Gasteiger partial charge in [0.15, 0.2) is 16.8 Å². The van der Waals surface area contributed by atoms with Gasteiger partial charge in [0.05, 0.1) is 0 Å². The van der Waals surface area contributed by atoms with Crippen LogP contribution < -0.4 is 0 Å². The van der Waals surface area contributed by atoms with E-state index in [-0.39, 0.29) is 27.9 Å². The van der Waals surface area contributed by atoms with Gasteiger partial charge in [0.1, 0.15) is 11.4 Å². The third-order valence-corrected chi connectivity index (χ3v) is 2.40. The Balaban J connectivity index is 2.69. The number of hydrogen-bond acceptors (Lipinski definition) is 4. The van der Waals surface area contributed by atoms with Gasteiger partial charge in [-0.25, -0.2) is 14.4 Å². The van der Waals surface area contributed by atoms with Crippen molar-refractivity contribution in [3.05, 3.63) is 41.3 Å². The molecule has 86 valence electrons. The molecule has 0 aromatic carbocycles. The van der Waals surface area contributed by atoms with Crippen LogP contribution in [0.25, 0.3) is 11.3 Å². The number of Topliss-reactive ketones (excluding diaryl/α,β-unsaturated/α-hetero) is 1. The lowest BCUT2D eigenvalue weighted by molar-refractivity contribution is 0.101. The van der Waals surface area contributed by atoms with Crippen molar-refractivity contribution in [3.63, 3.8) is 0 Å². The highest BCUT2D eigenvalue weighted by molar-refractivity contribution is 6.29. The Kier molecular flexibility index (Phi) is 3.10. The topological polar surface area (TPSA) is 55.7 Å². The van der Waals surface area contributed by atoms with E-state index < -0.39 is 5.82 Å². The van der Waals surface area contributed by atoms with Crippen molar-refractivity contribution in [1.82, 2.24) is 15.0 Å². The van der Waals surface area contributed by atoms with Gasteiger partial charge in [0.25, 0.3) is 0 Å². The number of carbonyl (C=O) groups excluding carboxylic acids is 1. The van der Waals surface area contributed by atoms with Crippen molar-refractivity contribution < 1.29 is 9.18 Å². The molecule has 0 atom stereocenters. The summed E-state index contributed by atoms with van der Waals surface area (Å²) in [7, 11) is 0. The van der Waals surface area contributed by atoms with E-state index in [1.54, 1.807) is 0 Å².